The van der Waals surface area contributed by atoms with E-state index in [9.17, 15) is 14.7 Å². The maximum atomic E-state index is 12.9. The van der Waals surface area contributed by atoms with E-state index in [0.29, 0.717) is 11.3 Å². The Balaban J connectivity index is 2.07. The maximum absolute atomic E-state index is 12.9. The van der Waals surface area contributed by atoms with Crippen molar-refractivity contribution in [2.75, 3.05) is 20.3 Å². The van der Waals surface area contributed by atoms with Gasteiger partial charge in [-0.3, -0.25) is 9.59 Å². The molecule has 0 aromatic heterocycles. The summed E-state index contributed by atoms with van der Waals surface area (Å²) >= 11 is 0. The van der Waals surface area contributed by atoms with Crippen molar-refractivity contribution < 1.29 is 24.2 Å². The molecule has 0 spiro atoms. The Morgan fingerprint density at radius 1 is 1.07 bits per heavy atom. The van der Waals surface area contributed by atoms with Crippen molar-refractivity contribution in [1.29, 1.82) is 0 Å². The second-order valence-electron chi connectivity index (χ2n) is 7.59. The van der Waals surface area contributed by atoms with Crippen LogP contribution in [0.25, 0.3) is 5.76 Å². The van der Waals surface area contributed by atoms with Gasteiger partial charge in [0.05, 0.1) is 24.3 Å². The SMILES string of the molecule is COCCN1C(=O)C(=O)/C(=C(\O)c2ccc(OC(C)C)cc2)C1c1ccc(C)cc1. The van der Waals surface area contributed by atoms with Crippen molar-refractivity contribution in [3.8, 4) is 5.75 Å². The molecular weight excluding hydrogens is 382 g/mol. The van der Waals surface area contributed by atoms with Crippen LogP contribution in [0.5, 0.6) is 5.75 Å². The molecule has 2 aromatic carbocycles. The van der Waals surface area contributed by atoms with Gasteiger partial charge in [0.15, 0.2) is 0 Å². The Morgan fingerprint density at radius 2 is 1.70 bits per heavy atom. The van der Waals surface area contributed by atoms with Crippen LogP contribution < -0.4 is 4.74 Å². The number of ether oxygens (including phenoxy) is 2. The Bertz CT molecular complexity index is 945. The number of methoxy groups -OCH3 is 1. The molecule has 2 aromatic rings. The van der Waals surface area contributed by atoms with Gasteiger partial charge < -0.3 is 19.5 Å². The van der Waals surface area contributed by atoms with Gasteiger partial charge in [-0.1, -0.05) is 29.8 Å². The van der Waals surface area contributed by atoms with E-state index < -0.39 is 17.7 Å². The second kappa shape index (κ2) is 9.13. The first-order valence-electron chi connectivity index (χ1n) is 9.94. The third kappa shape index (κ3) is 4.39. The number of nitrogens with zero attached hydrogens (tertiary/aromatic N) is 1. The number of aliphatic hydroxyl groups excluding tert-OH is 1. The van der Waals surface area contributed by atoms with Crippen molar-refractivity contribution in [3.05, 3.63) is 70.8 Å². The zero-order chi connectivity index (χ0) is 21.8. The van der Waals surface area contributed by atoms with Crippen LogP contribution in [0.15, 0.2) is 54.1 Å². The average Bonchev–Trinajstić information content (AvgIpc) is 2.97. The van der Waals surface area contributed by atoms with Gasteiger partial charge in [-0.05, 0) is 50.6 Å². The highest BCUT2D eigenvalue weighted by Crippen LogP contribution is 2.39. The Hall–Kier alpha value is -3.12. The number of carbonyl (C=O) groups excluding carboxylic acids is 2. The number of rotatable bonds is 7. The molecular formula is C24H27NO5. The van der Waals surface area contributed by atoms with Crippen LogP contribution in [-0.2, 0) is 14.3 Å². The molecule has 0 radical (unpaired) electrons. The summed E-state index contributed by atoms with van der Waals surface area (Å²) < 4.78 is 10.8. The molecule has 6 heteroatoms. The van der Waals surface area contributed by atoms with Crippen LogP contribution in [-0.4, -0.2) is 48.1 Å². The number of hydrogen-bond donors (Lipinski definition) is 1. The van der Waals surface area contributed by atoms with E-state index in [2.05, 4.69) is 0 Å². The molecule has 1 aliphatic heterocycles. The summed E-state index contributed by atoms with van der Waals surface area (Å²) in [5.41, 5.74) is 2.36. The molecule has 158 valence electrons. The number of amides is 1. The lowest BCUT2D eigenvalue weighted by molar-refractivity contribution is -0.140. The number of aryl methyl sites for hydroxylation is 1. The topological polar surface area (TPSA) is 76.1 Å². The molecule has 3 rings (SSSR count). The van der Waals surface area contributed by atoms with Gasteiger partial charge in [-0.25, -0.2) is 0 Å². The van der Waals surface area contributed by atoms with Gasteiger partial charge in [0.2, 0.25) is 0 Å². The van der Waals surface area contributed by atoms with Gasteiger partial charge in [0.1, 0.15) is 11.5 Å². The first-order valence-corrected chi connectivity index (χ1v) is 9.94. The van der Waals surface area contributed by atoms with Crippen molar-refractivity contribution >= 4 is 17.4 Å². The molecule has 0 bridgehead atoms. The lowest BCUT2D eigenvalue weighted by Crippen LogP contribution is -2.32. The van der Waals surface area contributed by atoms with Crippen LogP contribution in [0.1, 0.15) is 36.6 Å². The highest BCUT2D eigenvalue weighted by Gasteiger charge is 2.45. The Labute approximate surface area is 176 Å². The van der Waals surface area contributed by atoms with E-state index >= 15 is 0 Å². The molecule has 1 amide bonds. The van der Waals surface area contributed by atoms with Gasteiger partial charge in [-0.15, -0.1) is 0 Å². The summed E-state index contributed by atoms with van der Waals surface area (Å²) in [6, 6.07) is 13.7. The van der Waals surface area contributed by atoms with E-state index in [4.69, 9.17) is 9.47 Å². The van der Waals surface area contributed by atoms with Crippen LogP contribution in [0.4, 0.5) is 0 Å². The smallest absolute Gasteiger partial charge is 0.295 e. The largest absolute Gasteiger partial charge is 0.507 e. The van der Waals surface area contributed by atoms with E-state index in [1.54, 1.807) is 24.3 Å². The van der Waals surface area contributed by atoms with Gasteiger partial charge in [0, 0.05) is 19.2 Å². The molecule has 1 saturated heterocycles. The fourth-order valence-electron chi connectivity index (χ4n) is 3.51. The summed E-state index contributed by atoms with van der Waals surface area (Å²) in [7, 11) is 1.54. The first-order chi connectivity index (χ1) is 14.3. The molecule has 6 nitrogen and oxygen atoms in total. The fraction of sp³-hybridized carbons (Fsp3) is 0.333. The summed E-state index contributed by atoms with van der Waals surface area (Å²) in [5.74, 6) is -0.872. The maximum Gasteiger partial charge on any atom is 0.295 e. The van der Waals surface area contributed by atoms with Crippen molar-refractivity contribution in [1.82, 2.24) is 4.90 Å². The lowest BCUT2D eigenvalue weighted by atomic mass is 9.94. The summed E-state index contributed by atoms with van der Waals surface area (Å²) in [5, 5.41) is 11.0. The summed E-state index contributed by atoms with van der Waals surface area (Å²) in [6.07, 6.45) is 0.0251. The standard InChI is InChI=1S/C24H27NO5/c1-15(2)30-19-11-9-18(10-12-19)22(26)20-21(17-7-5-16(3)6-8-17)25(13-14-29-4)24(28)23(20)27/h5-12,15,21,26H,13-14H2,1-4H3/b22-20-. The highest BCUT2D eigenvalue weighted by atomic mass is 16.5. The molecule has 1 N–H and O–H groups in total. The number of aliphatic hydroxyl groups is 1. The summed E-state index contributed by atoms with van der Waals surface area (Å²) in [4.78, 5) is 27.1. The van der Waals surface area contributed by atoms with Crippen LogP contribution in [0, 0.1) is 6.92 Å². The second-order valence-corrected chi connectivity index (χ2v) is 7.59. The number of likely N-dealkylation sites (tertiary alicyclic amines) is 1. The van der Waals surface area contributed by atoms with Gasteiger partial charge >= 0.3 is 0 Å². The van der Waals surface area contributed by atoms with E-state index in [1.807, 2.05) is 45.0 Å². The molecule has 0 saturated carbocycles. The predicted molar refractivity (Wildman–Crippen MR) is 114 cm³/mol. The normalized spacial score (nSPS) is 18.3. The van der Waals surface area contributed by atoms with Crippen molar-refractivity contribution in [3.63, 3.8) is 0 Å². The molecule has 30 heavy (non-hydrogen) atoms. The number of hydrogen-bond acceptors (Lipinski definition) is 5. The molecule has 1 atom stereocenters. The fourth-order valence-corrected chi connectivity index (χ4v) is 3.51. The monoisotopic (exact) mass is 409 g/mol. The van der Waals surface area contributed by atoms with Crippen LogP contribution in [0.2, 0.25) is 0 Å². The van der Waals surface area contributed by atoms with E-state index in [-0.39, 0.29) is 30.6 Å². The Morgan fingerprint density at radius 3 is 2.27 bits per heavy atom. The minimum Gasteiger partial charge on any atom is -0.507 e. The third-order valence-electron chi connectivity index (χ3n) is 4.97. The number of carbonyl (C=O) groups is 2. The molecule has 1 aliphatic rings. The molecule has 1 heterocycles. The predicted octanol–water partition coefficient (Wildman–Crippen LogP) is 3.85. The molecule has 0 aliphatic carbocycles. The third-order valence-corrected chi connectivity index (χ3v) is 4.97. The zero-order valence-electron chi connectivity index (χ0n) is 17.7. The van der Waals surface area contributed by atoms with Crippen LogP contribution >= 0.6 is 0 Å². The van der Waals surface area contributed by atoms with Crippen molar-refractivity contribution in [2.24, 2.45) is 0 Å². The number of benzene rings is 2. The highest BCUT2D eigenvalue weighted by molar-refractivity contribution is 6.46. The average molecular weight is 409 g/mol. The van der Waals surface area contributed by atoms with Gasteiger partial charge in [-0.2, -0.15) is 0 Å². The molecule has 1 fully saturated rings. The number of ketones is 1. The number of Topliss-reactive ketones (excluding diaryl/α,β-unsaturated/α-hetero) is 1. The van der Waals surface area contributed by atoms with Crippen LogP contribution in [0.3, 0.4) is 0 Å². The zero-order valence-corrected chi connectivity index (χ0v) is 17.7. The van der Waals surface area contributed by atoms with E-state index in [1.165, 1.54) is 12.0 Å². The quantitative estimate of drug-likeness (QED) is 0.427. The summed E-state index contributed by atoms with van der Waals surface area (Å²) in [6.45, 7) is 6.36. The minimum absolute atomic E-state index is 0.0251. The lowest BCUT2D eigenvalue weighted by Gasteiger charge is -2.25. The Kier molecular flexibility index (Phi) is 6.57. The first kappa shape index (κ1) is 21.6. The minimum atomic E-state index is -0.698. The van der Waals surface area contributed by atoms with E-state index in [0.717, 1.165) is 11.1 Å². The van der Waals surface area contributed by atoms with Gasteiger partial charge in [0.25, 0.3) is 11.7 Å². The molecule has 1 unspecified atom stereocenters. The van der Waals surface area contributed by atoms with Crippen molar-refractivity contribution in [2.45, 2.75) is 32.9 Å².